The average Bonchev–Trinajstić information content (AvgIpc) is 2.64. The second kappa shape index (κ2) is 5.95. The molecule has 1 aliphatic carbocycles. The minimum atomic E-state index is 0.335. The zero-order valence-corrected chi connectivity index (χ0v) is 14.2. The Kier molecular flexibility index (Phi) is 3.62. The van der Waals surface area contributed by atoms with Gasteiger partial charge in [0.25, 0.3) is 0 Å². The van der Waals surface area contributed by atoms with Gasteiger partial charge in [-0.3, -0.25) is 4.99 Å². The van der Waals surface area contributed by atoms with Crippen molar-refractivity contribution in [3.05, 3.63) is 53.9 Å². The Morgan fingerprint density at radius 3 is 2.68 bits per heavy atom. The first-order valence-electron chi connectivity index (χ1n) is 8.05. The Bertz CT molecular complexity index is 1170. The largest absolute Gasteiger partial charge is 0.453 e. The van der Waals surface area contributed by atoms with E-state index in [1.807, 2.05) is 67.5 Å². The van der Waals surface area contributed by atoms with Crippen LogP contribution < -0.4 is 10.3 Å². The van der Waals surface area contributed by atoms with Gasteiger partial charge in [-0.2, -0.15) is 0 Å². The van der Waals surface area contributed by atoms with Crippen LogP contribution in [0, 0.1) is 12.3 Å². The van der Waals surface area contributed by atoms with Crippen LogP contribution in [0.3, 0.4) is 0 Å². The maximum atomic E-state index is 6.16. The van der Waals surface area contributed by atoms with E-state index in [0.717, 1.165) is 38.6 Å². The zero-order valence-electron chi connectivity index (χ0n) is 14.2. The lowest BCUT2D eigenvalue weighted by molar-refractivity contribution is 0.613. The molecule has 0 N–H and O–H groups in total. The molecule has 4 rings (SSSR count). The van der Waals surface area contributed by atoms with Crippen LogP contribution in [0.15, 0.2) is 57.9 Å². The van der Waals surface area contributed by atoms with Crippen molar-refractivity contribution in [3.63, 3.8) is 0 Å². The number of hydrogen-bond donors (Lipinski definition) is 0. The lowest BCUT2D eigenvalue weighted by Gasteiger charge is -2.14. The highest BCUT2D eigenvalue weighted by Crippen LogP contribution is 2.31. The number of terminal acetylenes is 1. The van der Waals surface area contributed by atoms with Gasteiger partial charge in [-0.1, -0.05) is 30.2 Å². The van der Waals surface area contributed by atoms with Gasteiger partial charge in [0.1, 0.15) is 17.8 Å². The Labute approximate surface area is 145 Å². The summed E-state index contributed by atoms with van der Waals surface area (Å²) in [7, 11) is 4.00. The van der Waals surface area contributed by atoms with E-state index in [1.54, 1.807) is 0 Å². The Balaban J connectivity index is 2.10. The van der Waals surface area contributed by atoms with Crippen LogP contribution in [0.25, 0.3) is 33.3 Å². The van der Waals surface area contributed by atoms with Crippen molar-refractivity contribution in [3.8, 4) is 23.8 Å². The van der Waals surface area contributed by atoms with E-state index >= 15 is 0 Å². The number of benzene rings is 3. The van der Waals surface area contributed by atoms with Gasteiger partial charge in [0.15, 0.2) is 11.3 Å². The Hall–Kier alpha value is -3.32. The second-order valence-electron chi connectivity index (χ2n) is 6.07. The second-order valence-corrected chi connectivity index (χ2v) is 6.07. The maximum Gasteiger partial charge on any atom is 0.155 e. The smallest absolute Gasteiger partial charge is 0.155 e. The van der Waals surface area contributed by atoms with E-state index in [1.165, 1.54) is 0 Å². The first kappa shape index (κ1) is 15.2. The minimum Gasteiger partial charge on any atom is -0.453 e. The highest BCUT2D eigenvalue weighted by molar-refractivity contribution is 5.96. The normalized spacial score (nSPS) is 12.0. The van der Waals surface area contributed by atoms with E-state index < -0.39 is 0 Å². The van der Waals surface area contributed by atoms with Gasteiger partial charge >= 0.3 is 0 Å². The highest BCUT2D eigenvalue weighted by Gasteiger charge is 2.14. The topological polar surface area (TPSA) is 41.6 Å². The van der Waals surface area contributed by atoms with Gasteiger partial charge in [0, 0.05) is 42.7 Å². The third kappa shape index (κ3) is 2.60. The Morgan fingerprint density at radius 1 is 1.12 bits per heavy atom. The monoisotopic (exact) mass is 327 g/mol. The molecule has 2 aromatic rings. The molecular formula is C21H17N3O. The van der Waals surface area contributed by atoms with E-state index in [-0.39, 0.29) is 0 Å². The van der Waals surface area contributed by atoms with Crippen molar-refractivity contribution >= 4 is 27.6 Å². The predicted octanol–water partition coefficient (Wildman–Crippen LogP) is 3.69. The summed E-state index contributed by atoms with van der Waals surface area (Å²) < 4.78 is 6.16. The molecule has 1 aliphatic heterocycles. The van der Waals surface area contributed by atoms with Crippen LogP contribution in [0.1, 0.15) is 0 Å². The summed E-state index contributed by atoms with van der Waals surface area (Å²) in [4.78, 5) is 11.4. The fourth-order valence-electron chi connectivity index (χ4n) is 2.96. The van der Waals surface area contributed by atoms with Crippen LogP contribution in [0.2, 0.25) is 0 Å². The number of aromatic nitrogens is 1. The lowest BCUT2D eigenvalue weighted by Crippen LogP contribution is -2.09. The van der Waals surface area contributed by atoms with Gasteiger partial charge in [0.05, 0.1) is 5.36 Å². The molecule has 0 saturated carbocycles. The number of rotatable bonds is 2. The van der Waals surface area contributed by atoms with Crippen molar-refractivity contribution in [2.24, 2.45) is 4.99 Å². The number of fused-ring (bicyclic) bond motifs is 4. The third-order valence-corrected chi connectivity index (χ3v) is 4.21. The summed E-state index contributed by atoms with van der Waals surface area (Å²) >= 11 is 0. The van der Waals surface area contributed by atoms with Gasteiger partial charge in [-0.15, -0.1) is 6.42 Å². The molecule has 4 heteroatoms. The van der Waals surface area contributed by atoms with E-state index in [0.29, 0.717) is 12.3 Å². The van der Waals surface area contributed by atoms with Gasteiger partial charge in [0.2, 0.25) is 0 Å². The summed E-state index contributed by atoms with van der Waals surface area (Å²) in [6, 6.07) is 16.0. The molecule has 0 atom stereocenters. The molecule has 0 radical (unpaired) electrons. The van der Waals surface area contributed by atoms with Gasteiger partial charge in [-0.25, -0.2) is 4.98 Å². The standard InChI is InChI=1S/C21H17N3O/c1-4-11-22-18-13-20-21(16-8-6-5-7-15(16)18)23-17-10-9-14(24(2)3)12-19(17)25-20/h1,5-10,12-13H,11H2,2-3H3. The zero-order chi connectivity index (χ0) is 17.4. The molecule has 0 amide bonds. The van der Waals surface area contributed by atoms with E-state index in [4.69, 9.17) is 15.8 Å². The summed E-state index contributed by atoms with van der Waals surface area (Å²) in [6.07, 6.45) is 5.37. The molecule has 0 fully saturated rings. The van der Waals surface area contributed by atoms with Crippen molar-refractivity contribution in [2.45, 2.75) is 0 Å². The van der Waals surface area contributed by atoms with Crippen LogP contribution in [0.5, 0.6) is 0 Å². The third-order valence-electron chi connectivity index (χ3n) is 4.21. The lowest BCUT2D eigenvalue weighted by atomic mass is 10.0. The SMILES string of the molecule is C#CCN=c1cc2oc3cc(N(C)C)ccc3nc-2c2ccccc12. The predicted molar refractivity (Wildman–Crippen MR) is 102 cm³/mol. The first-order chi connectivity index (χ1) is 12.2. The number of nitrogens with zero attached hydrogens (tertiary/aromatic N) is 3. The molecule has 0 bridgehead atoms. The van der Waals surface area contributed by atoms with Gasteiger partial charge < -0.3 is 9.32 Å². The van der Waals surface area contributed by atoms with Crippen molar-refractivity contribution in [2.75, 3.05) is 25.5 Å². The van der Waals surface area contributed by atoms with E-state index in [2.05, 4.69) is 10.9 Å². The number of hydrogen-bond acceptors (Lipinski definition) is 4. The molecule has 2 aromatic carbocycles. The molecule has 0 aromatic heterocycles. The van der Waals surface area contributed by atoms with Crippen molar-refractivity contribution in [1.29, 1.82) is 0 Å². The molecule has 25 heavy (non-hydrogen) atoms. The fourth-order valence-corrected chi connectivity index (χ4v) is 2.96. The van der Waals surface area contributed by atoms with Crippen LogP contribution >= 0.6 is 0 Å². The quantitative estimate of drug-likeness (QED) is 0.320. The molecular weight excluding hydrogens is 310 g/mol. The average molecular weight is 327 g/mol. The van der Waals surface area contributed by atoms with Crippen LogP contribution in [0.4, 0.5) is 5.69 Å². The summed E-state index contributed by atoms with van der Waals surface area (Å²) in [6.45, 7) is 0.335. The Morgan fingerprint density at radius 2 is 1.92 bits per heavy atom. The van der Waals surface area contributed by atoms with Crippen molar-refractivity contribution < 1.29 is 4.42 Å². The first-order valence-corrected chi connectivity index (χ1v) is 8.05. The molecule has 2 aliphatic rings. The minimum absolute atomic E-state index is 0.335. The van der Waals surface area contributed by atoms with Crippen molar-refractivity contribution in [1.82, 2.24) is 4.98 Å². The molecule has 0 saturated heterocycles. The highest BCUT2D eigenvalue weighted by atomic mass is 16.3. The summed E-state index contributed by atoms with van der Waals surface area (Å²) in [5.41, 5.74) is 3.48. The van der Waals surface area contributed by atoms with E-state index in [9.17, 15) is 0 Å². The molecule has 1 heterocycles. The summed E-state index contributed by atoms with van der Waals surface area (Å²) in [5, 5.41) is 2.87. The van der Waals surface area contributed by atoms with Crippen LogP contribution in [-0.2, 0) is 0 Å². The molecule has 0 unspecified atom stereocenters. The molecule has 122 valence electrons. The maximum absolute atomic E-state index is 6.16. The van der Waals surface area contributed by atoms with Crippen LogP contribution in [-0.4, -0.2) is 25.6 Å². The fraction of sp³-hybridized carbons (Fsp3) is 0.143. The van der Waals surface area contributed by atoms with Gasteiger partial charge in [-0.05, 0) is 12.1 Å². The molecule has 0 spiro atoms. The number of anilines is 1. The summed E-state index contributed by atoms with van der Waals surface area (Å²) in [5.74, 6) is 3.27. The molecule has 4 nitrogen and oxygen atoms in total.